The van der Waals surface area contributed by atoms with Gasteiger partial charge in [-0.3, -0.25) is 4.79 Å². The zero-order chi connectivity index (χ0) is 19.8. The van der Waals surface area contributed by atoms with Gasteiger partial charge in [-0.05, 0) is 67.5 Å². The third kappa shape index (κ3) is 4.34. The van der Waals surface area contributed by atoms with E-state index in [0.29, 0.717) is 5.89 Å². The molecule has 0 radical (unpaired) electrons. The van der Waals surface area contributed by atoms with Gasteiger partial charge >= 0.3 is 0 Å². The molecule has 2 N–H and O–H groups in total. The highest BCUT2D eigenvalue weighted by Gasteiger charge is 2.22. The molecule has 0 fully saturated rings. The van der Waals surface area contributed by atoms with Crippen molar-refractivity contribution in [1.82, 2.24) is 10.3 Å². The minimum atomic E-state index is -0.501. The van der Waals surface area contributed by atoms with Crippen LogP contribution in [-0.2, 0) is 4.79 Å². The monoisotopic (exact) mass is 381 g/mol. The number of hydrogen-bond acceptors (Lipinski definition) is 4. The van der Waals surface area contributed by atoms with E-state index in [4.69, 9.17) is 16.6 Å². The smallest absolute Gasteiger partial charge is 0.231 e. The molecule has 6 heteroatoms. The first-order chi connectivity index (χ1) is 12.6. The minimum absolute atomic E-state index is 0.131. The Morgan fingerprint density at radius 1 is 1.11 bits per heavy atom. The Labute approximate surface area is 164 Å². The Balaban J connectivity index is 1.75. The number of thiocarbonyl (C=S) groups is 1. The highest BCUT2D eigenvalue weighted by atomic mass is 32.1. The summed E-state index contributed by atoms with van der Waals surface area (Å²) in [5.41, 5.74) is 5.05. The van der Waals surface area contributed by atoms with E-state index < -0.39 is 5.41 Å². The van der Waals surface area contributed by atoms with Crippen LogP contribution in [0.1, 0.15) is 31.9 Å². The second-order valence-corrected chi connectivity index (χ2v) is 8.09. The molecule has 3 rings (SSSR count). The van der Waals surface area contributed by atoms with Crippen LogP contribution in [0.2, 0.25) is 0 Å². The number of anilines is 1. The largest absolute Gasteiger partial charge is 0.436 e. The maximum Gasteiger partial charge on any atom is 0.231 e. The average molecular weight is 382 g/mol. The Morgan fingerprint density at radius 3 is 2.41 bits per heavy atom. The van der Waals surface area contributed by atoms with E-state index in [1.807, 2.05) is 65.0 Å². The topological polar surface area (TPSA) is 67.2 Å². The lowest BCUT2D eigenvalue weighted by Crippen LogP contribution is -2.41. The molecule has 1 heterocycles. The standard InChI is InChI=1S/C21H23N3O2S/c1-12-10-13(2)17-16(11-12)23-18(26-17)14-6-8-15(9-7-14)22-20(27)24-19(25)21(3,4)5/h6-11H,1-5H3,(H2,22,24,25,27). The van der Waals surface area contributed by atoms with Gasteiger partial charge in [-0.2, -0.15) is 0 Å². The van der Waals surface area contributed by atoms with E-state index in [1.54, 1.807) is 0 Å². The maximum absolute atomic E-state index is 12.0. The van der Waals surface area contributed by atoms with E-state index in [9.17, 15) is 4.79 Å². The lowest BCUT2D eigenvalue weighted by Gasteiger charge is -2.18. The number of benzene rings is 2. The van der Waals surface area contributed by atoms with Gasteiger partial charge in [0.1, 0.15) is 5.52 Å². The molecule has 0 aliphatic rings. The number of fused-ring (bicyclic) bond motifs is 1. The van der Waals surface area contributed by atoms with Gasteiger partial charge in [0.05, 0.1) is 0 Å². The molecule has 1 amide bonds. The first kappa shape index (κ1) is 19.0. The number of carbonyl (C=O) groups is 1. The van der Waals surface area contributed by atoms with Crippen molar-refractivity contribution in [3.8, 4) is 11.5 Å². The molecule has 0 atom stereocenters. The molecule has 0 unspecified atom stereocenters. The van der Waals surface area contributed by atoms with E-state index in [2.05, 4.69) is 21.7 Å². The molecule has 2 aromatic carbocycles. The van der Waals surface area contributed by atoms with Crippen molar-refractivity contribution in [3.05, 3.63) is 47.5 Å². The highest BCUT2D eigenvalue weighted by molar-refractivity contribution is 7.80. The summed E-state index contributed by atoms with van der Waals surface area (Å²) in [7, 11) is 0. The van der Waals surface area contributed by atoms with Crippen LogP contribution in [-0.4, -0.2) is 16.0 Å². The van der Waals surface area contributed by atoms with Crippen molar-refractivity contribution >= 4 is 40.0 Å². The Kier molecular flexibility index (Phi) is 5.02. The first-order valence-corrected chi connectivity index (χ1v) is 9.15. The third-order valence-corrected chi connectivity index (χ3v) is 4.32. The van der Waals surface area contributed by atoms with Gasteiger partial charge in [-0.15, -0.1) is 0 Å². The zero-order valence-corrected chi connectivity index (χ0v) is 17.0. The zero-order valence-electron chi connectivity index (χ0n) is 16.1. The predicted octanol–water partition coefficient (Wildman–Crippen LogP) is 4.97. The maximum atomic E-state index is 12.0. The van der Waals surface area contributed by atoms with Gasteiger partial charge in [0, 0.05) is 16.7 Å². The number of carbonyl (C=O) groups excluding carboxylic acids is 1. The van der Waals surface area contributed by atoms with Gasteiger partial charge in [-0.25, -0.2) is 4.98 Å². The quantitative estimate of drug-likeness (QED) is 0.614. The minimum Gasteiger partial charge on any atom is -0.436 e. The number of nitrogens with one attached hydrogen (secondary N) is 2. The Morgan fingerprint density at radius 2 is 1.78 bits per heavy atom. The summed E-state index contributed by atoms with van der Waals surface area (Å²) < 4.78 is 5.94. The normalized spacial score (nSPS) is 11.4. The van der Waals surface area contributed by atoms with Crippen LogP contribution in [0.15, 0.2) is 40.8 Å². The number of rotatable bonds is 2. The molecule has 0 saturated carbocycles. The van der Waals surface area contributed by atoms with Crippen molar-refractivity contribution in [2.24, 2.45) is 5.41 Å². The van der Waals surface area contributed by atoms with Gasteiger partial charge in [0.15, 0.2) is 10.7 Å². The molecule has 27 heavy (non-hydrogen) atoms. The number of amides is 1. The van der Waals surface area contributed by atoms with Crippen LogP contribution in [0.5, 0.6) is 0 Å². The van der Waals surface area contributed by atoms with Gasteiger partial charge < -0.3 is 15.1 Å². The van der Waals surface area contributed by atoms with Crippen LogP contribution in [0.25, 0.3) is 22.6 Å². The third-order valence-electron chi connectivity index (χ3n) is 4.12. The van der Waals surface area contributed by atoms with E-state index in [0.717, 1.165) is 33.5 Å². The summed E-state index contributed by atoms with van der Waals surface area (Å²) in [4.78, 5) is 16.6. The molecule has 0 spiro atoms. The molecule has 140 valence electrons. The number of nitrogens with zero attached hydrogens (tertiary/aromatic N) is 1. The van der Waals surface area contributed by atoms with E-state index in [1.165, 1.54) is 0 Å². The van der Waals surface area contributed by atoms with Crippen molar-refractivity contribution < 1.29 is 9.21 Å². The van der Waals surface area contributed by atoms with Crippen molar-refractivity contribution in [2.45, 2.75) is 34.6 Å². The van der Waals surface area contributed by atoms with Crippen molar-refractivity contribution in [3.63, 3.8) is 0 Å². The fourth-order valence-corrected chi connectivity index (χ4v) is 2.86. The molecule has 5 nitrogen and oxygen atoms in total. The lowest BCUT2D eigenvalue weighted by molar-refractivity contribution is -0.126. The van der Waals surface area contributed by atoms with E-state index in [-0.39, 0.29) is 11.0 Å². The first-order valence-electron chi connectivity index (χ1n) is 8.74. The molecule has 0 bridgehead atoms. The fraction of sp³-hybridized carbons (Fsp3) is 0.286. The van der Waals surface area contributed by atoms with Crippen LogP contribution >= 0.6 is 12.2 Å². The summed E-state index contributed by atoms with van der Waals surface area (Å²) >= 11 is 5.20. The fourth-order valence-electron chi connectivity index (χ4n) is 2.65. The van der Waals surface area contributed by atoms with Gasteiger partial charge in [0.2, 0.25) is 11.8 Å². The lowest BCUT2D eigenvalue weighted by atomic mass is 9.96. The molecule has 0 aliphatic heterocycles. The summed E-state index contributed by atoms with van der Waals surface area (Å²) in [6, 6.07) is 11.7. The molecule has 1 aromatic heterocycles. The van der Waals surface area contributed by atoms with E-state index >= 15 is 0 Å². The number of aromatic nitrogens is 1. The second-order valence-electron chi connectivity index (χ2n) is 7.68. The van der Waals surface area contributed by atoms with Gasteiger partial charge in [-0.1, -0.05) is 26.8 Å². The second kappa shape index (κ2) is 7.12. The van der Waals surface area contributed by atoms with Crippen LogP contribution in [0.3, 0.4) is 0 Å². The van der Waals surface area contributed by atoms with Crippen LogP contribution in [0.4, 0.5) is 5.69 Å². The molecular formula is C21H23N3O2S. The summed E-state index contributed by atoms with van der Waals surface area (Å²) in [5.74, 6) is 0.447. The number of hydrogen-bond donors (Lipinski definition) is 2. The highest BCUT2D eigenvalue weighted by Crippen LogP contribution is 2.28. The Bertz CT molecular complexity index is 1010. The van der Waals surface area contributed by atoms with Crippen LogP contribution < -0.4 is 10.6 Å². The predicted molar refractivity (Wildman–Crippen MR) is 113 cm³/mol. The molecule has 0 aliphatic carbocycles. The average Bonchev–Trinajstić information content (AvgIpc) is 2.98. The van der Waals surface area contributed by atoms with Crippen molar-refractivity contribution in [1.29, 1.82) is 0 Å². The number of oxazole rings is 1. The van der Waals surface area contributed by atoms with Crippen LogP contribution in [0, 0.1) is 19.3 Å². The number of aryl methyl sites for hydroxylation is 2. The van der Waals surface area contributed by atoms with Crippen molar-refractivity contribution in [2.75, 3.05) is 5.32 Å². The van der Waals surface area contributed by atoms with Gasteiger partial charge in [0.25, 0.3) is 0 Å². The molecule has 0 saturated heterocycles. The molecule has 3 aromatic rings. The summed E-state index contributed by atoms with van der Waals surface area (Å²) in [6.07, 6.45) is 0. The summed E-state index contributed by atoms with van der Waals surface area (Å²) in [5, 5.41) is 5.98. The molecular weight excluding hydrogens is 358 g/mol. The summed E-state index contributed by atoms with van der Waals surface area (Å²) in [6.45, 7) is 9.57. The Hall–Kier alpha value is -2.73. The SMILES string of the molecule is Cc1cc(C)c2oc(-c3ccc(NC(=S)NC(=O)C(C)(C)C)cc3)nc2c1.